The number of aryl methyl sites for hydroxylation is 1. The van der Waals surface area contributed by atoms with Crippen molar-refractivity contribution in [2.75, 3.05) is 0 Å². The molecule has 0 heterocycles. The lowest BCUT2D eigenvalue weighted by Crippen LogP contribution is -2.13. The molecule has 2 aromatic rings. The summed E-state index contributed by atoms with van der Waals surface area (Å²) >= 11 is 0. The van der Waals surface area contributed by atoms with Crippen LogP contribution in [0.2, 0.25) is 0 Å². The van der Waals surface area contributed by atoms with Crippen LogP contribution in [0.3, 0.4) is 0 Å². The van der Waals surface area contributed by atoms with E-state index in [9.17, 15) is 4.39 Å². The van der Waals surface area contributed by atoms with Crippen LogP contribution in [0.5, 0.6) is 0 Å². The van der Waals surface area contributed by atoms with E-state index >= 15 is 0 Å². The first-order chi connectivity index (χ1) is 8.09. The van der Waals surface area contributed by atoms with E-state index in [0.717, 1.165) is 11.1 Å². The Kier molecular flexibility index (Phi) is 3.25. The maximum absolute atomic E-state index is 12.9. The van der Waals surface area contributed by atoms with Crippen LogP contribution in [0.1, 0.15) is 28.3 Å². The molecule has 0 saturated heterocycles. The van der Waals surface area contributed by atoms with Crippen molar-refractivity contribution in [2.45, 2.75) is 19.9 Å². The van der Waals surface area contributed by atoms with Crippen molar-refractivity contribution in [2.24, 2.45) is 5.73 Å². The van der Waals surface area contributed by atoms with Gasteiger partial charge in [-0.1, -0.05) is 30.3 Å². The summed E-state index contributed by atoms with van der Waals surface area (Å²) in [5, 5.41) is 0. The number of hydrogen-bond acceptors (Lipinski definition) is 1. The maximum atomic E-state index is 12.9. The third kappa shape index (κ3) is 2.37. The Bertz CT molecular complexity index is 517. The second-order valence-corrected chi connectivity index (χ2v) is 4.32. The van der Waals surface area contributed by atoms with Gasteiger partial charge in [-0.2, -0.15) is 0 Å². The molecule has 0 radical (unpaired) electrons. The SMILES string of the molecule is Cc1cccc(C(N)c2ccc(F)cc2)c1C. The van der Waals surface area contributed by atoms with Gasteiger partial charge in [-0.25, -0.2) is 4.39 Å². The first kappa shape index (κ1) is 11.8. The van der Waals surface area contributed by atoms with Crippen LogP contribution in [0.4, 0.5) is 4.39 Å². The van der Waals surface area contributed by atoms with Gasteiger partial charge < -0.3 is 5.73 Å². The zero-order chi connectivity index (χ0) is 12.4. The predicted molar refractivity (Wildman–Crippen MR) is 68.3 cm³/mol. The molecule has 1 atom stereocenters. The van der Waals surface area contributed by atoms with Gasteiger partial charge in [0.2, 0.25) is 0 Å². The number of hydrogen-bond donors (Lipinski definition) is 1. The molecule has 2 N–H and O–H groups in total. The third-order valence-electron chi connectivity index (χ3n) is 3.21. The van der Waals surface area contributed by atoms with E-state index in [1.54, 1.807) is 12.1 Å². The number of halogens is 1. The van der Waals surface area contributed by atoms with E-state index in [1.165, 1.54) is 23.3 Å². The fraction of sp³-hybridized carbons (Fsp3) is 0.200. The molecule has 1 unspecified atom stereocenters. The standard InChI is InChI=1S/C15H16FN/c1-10-4-3-5-14(11(10)2)15(17)12-6-8-13(16)9-7-12/h3-9,15H,17H2,1-2H3. The van der Waals surface area contributed by atoms with Gasteiger partial charge in [0.25, 0.3) is 0 Å². The van der Waals surface area contributed by atoms with E-state index < -0.39 is 0 Å². The minimum atomic E-state index is -0.234. The lowest BCUT2D eigenvalue weighted by molar-refractivity contribution is 0.626. The summed E-state index contributed by atoms with van der Waals surface area (Å²) in [6.07, 6.45) is 0. The molecular formula is C15H16FN. The molecule has 0 aromatic heterocycles. The highest BCUT2D eigenvalue weighted by Gasteiger charge is 2.12. The van der Waals surface area contributed by atoms with Crippen LogP contribution in [-0.2, 0) is 0 Å². The van der Waals surface area contributed by atoms with Gasteiger partial charge in [0, 0.05) is 0 Å². The minimum Gasteiger partial charge on any atom is -0.320 e. The zero-order valence-electron chi connectivity index (χ0n) is 10.1. The Balaban J connectivity index is 2.40. The normalized spacial score (nSPS) is 12.5. The van der Waals surface area contributed by atoms with E-state index in [4.69, 9.17) is 5.73 Å². The highest BCUT2D eigenvalue weighted by atomic mass is 19.1. The first-order valence-electron chi connectivity index (χ1n) is 5.67. The van der Waals surface area contributed by atoms with Crippen LogP contribution < -0.4 is 5.73 Å². The molecule has 0 spiro atoms. The van der Waals surface area contributed by atoms with Crippen molar-refractivity contribution in [1.29, 1.82) is 0 Å². The lowest BCUT2D eigenvalue weighted by atomic mass is 9.93. The summed E-state index contributed by atoms with van der Waals surface area (Å²) < 4.78 is 12.9. The topological polar surface area (TPSA) is 26.0 Å². The van der Waals surface area contributed by atoms with Crippen LogP contribution >= 0.6 is 0 Å². The Morgan fingerprint density at radius 1 is 1.00 bits per heavy atom. The summed E-state index contributed by atoms with van der Waals surface area (Å²) in [6.45, 7) is 4.13. The van der Waals surface area contributed by atoms with Crippen molar-refractivity contribution >= 4 is 0 Å². The molecule has 2 rings (SSSR count). The van der Waals surface area contributed by atoms with Crippen molar-refractivity contribution in [3.05, 3.63) is 70.5 Å². The molecule has 0 saturated carbocycles. The lowest BCUT2D eigenvalue weighted by Gasteiger charge is -2.16. The summed E-state index contributed by atoms with van der Waals surface area (Å²) in [4.78, 5) is 0. The van der Waals surface area contributed by atoms with E-state index in [2.05, 4.69) is 19.9 Å². The van der Waals surface area contributed by atoms with Gasteiger partial charge in [0.05, 0.1) is 6.04 Å². The molecule has 0 bridgehead atoms. The average molecular weight is 229 g/mol. The molecule has 0 fully saturated rings. The Morgan fingerprint density at radius 3 is 2.29 bits per heavy atom. The maximum Gasteiger partial charge on any atom is 0.123 e. The minimum absolute atomic E-state index is 0.199. The largest absolute Gasteiger partial charge is 0.320 e. The van der Waals surface area contributed by atoms with Gasteiger partial charge in [-0.3, -0.25) is 0 Å². The Hall–Kier alpha value is -1.67. The number of nitrogens with two attached hydrogens (primary N) is 1. The summed E-state index contributed by atoms with van der Waals surface area (Å²) in [7, 11) is 0. The molecule has 1 nitrogen and oxygen atoms in total. The first-order valence-corrected chi connectivity index (χ1v) is 5.67. The molecule has 0 aliphatic heterocycles. The van der Waals surface area contributed by atoms with Gasteiger partial charge >= 0.3 is 0 Å². The molecule has 17 heavy (non-hydrogen) atoms. The van der Waals surface area contributed by atoms with Gasteiger partial charge in [0.15, 0.2) is 0 Å². The van der Waals surface area contributed by atoms with Crippen LogP contribution in [0.25, 0.3) is 0 Å². The molecule has 0 aliphatic carbocycles. The monoisotopic (exact) mass is 229 g/mol. The molecule has 2 heteroatoms. The molecule has 0 aliphatic rings. The smallest absolute Gasteiger partial charge is 0.123 e. The fourth-order valence-electron chi connectivity index (χ4n) is 1.96. The van der Waals surface area contributed by atoms with E-state index in [-0.39, 0.29) is 11.9 Å². The van der Waals surface area contributed by atoms with Gasteiger partial charge in [0.1, 0.15) is 5.82 Å². The highest BCUT2D eigenvalue weighted by Crippen LogP contribution is 2.24. The zero-order valence-corrected chi connectivity index (χ0v) is 10.1. The fourth-order valence-corrected chi connectivity index (χ4v) is 1.96. The summed E-state index contributed by atoms with van der Waals surface area (Å²) in [6, 6.07) is 12.3. The van der Waals surface area contributed by atoms with Gasteiger partial charge in [-0.05, 0) is 48.2 Å². The Labute approximate surface area is 101 Å². The summed E-state index contributed by atoms with van der Waals surface area (Å²) in [5.41, 5.74) is 10.7. The number of rotatable bonds is 2. The third-order valence-corrected chi connectivity index (χ3v) is 3.21. The van der Waals surface area contributed by atoms with Crippen molar-refractivity contribution in [1.82, 2.24) is 0 Å². The van der Waals surface area contributed by atoms with Crippen molar-refractivity contribution < 1.29 is 4.39 Å². The number of benzene rings is 2. The quantitative estimate of drug-likeness (QED) is 0.838. The Morgan fingerprint density at radius 2 is 1.65 bits per heavy atom. The molecule has 2 aromatic carbocycles. The van der Waals surface area contributed by atoms with E-state index in [0.29, 0.717) is 0 Å². The van der Waals surface area contributed by atoms with Gasteiger partial charge in [-0.15, -0.1) is 0 Å². The molecular weight excluding hydrogens is 213 g/mol. The molecule has 0 amide bonds. The van der Waals surface area contributed by atoms with Crippen LogP contribution in [-0.4, -0.2) is 0 Å². The van der Waals surface area contributed by atoms with Crippen LogP contribution in [0.15, 0.2) is 42.5 Å². The second kappa shape index (κ2) is 4.68. The average Bonchev–Trinajstić information content (AvgIpc) is 2.33. The predicted octanol–water partition coefficient (Wildman–Crippen LogP) is 3.49. The van der Waals surface area contributed by atoms with E-state index in [1.807, 2.05) is 12.1 Å². The van der Waals surface area contributed by atoms with Crippen molar-refractivity contribution in [3.63, 3.8) is 0 Å². The molecule has 88 valence electrons. The van der Waals surface area contributed by atoms with Crippen molar-refractivity contribution in [3.8, 4) is 0 Å². The summed E-state index contributed by atoms with van der Waals surface area (Å²) in [5.74, 6) is -0.234. The second-order valence-electron chi connectivity index (χ2n) is 4.32. The van der Waals surface area contributed by atoms with Crippen LogP contribution in [0, 0.1) is 19.7 Å². The highest BCUT2D eigenvalue weighted by molar-refractivity contribution is 5.40.